The van der Waals surface area contributed by atoms with Gasteiger partial charge in [0.25, 0.3) is 11.8 Å². The maximum absolute atomic E-state index is 12.9. The molecule has 0 bridgehead atoms. The standard InChI is InChI=1S/C23H19BrN4O3/c1-27(23(30)20-11-12-21(24)31-20)19-6-3-2-5-18(19)22(29)25-15-16-7-9-17(10-8-16)28-14-4-13-26-28/h2-14H,15H2,1H3,(H,25,29). The zero-order chi connectivity index (χ0) is 21.8. The molecule has 4 aromatic rings. The van der Waals surface area contributed by atoms with Crippen LogP contribution in [0.15, 0.2) is 88.2 Å². The Hall–Kier alpha value is -3.65. The van der Waals surface area contributed by atoms with Gasteiger partial charge in [0.1, 0.15) is 0 Å². The van der Waals surface area contributed by atoms with Crippen molar-refractivity contribution >= 4 is 33.4 Å². The van der Waals surface area contributed by atoms with Crippen LogP contribution in [0.1, 0.15) is 26.5 Å². The quantitative estimate of drug-likeness (QED) is 0.444. The number of rotatable bonds is 6. The molecule has 0 fully saturated rings. The molecular formula is C23H19BrN4O3. The summed E-state index contributed by atoms with van der Waals surface area (Å²) < 4.78 is 7.58. The van der Waals surface area contributed by atoms with Crippen LogP contribution in [0, 0.1) is 0 Å². The molecule has 2 aromatic heterocycles. The SMILES string of the molecule is CN(C(=O)c1ccc(Br)o1)c1ccccc1C(=O)NCc1ccc(-n2cccn2)cc1. The fourth-order valence-electron chi connectivity index (χ4n) is 3.13. The van der Waals surface area contributed by atoms with Crippen LogP contribution in [0.5, 0.6) is 0 Å². The molecule has 4 rings (SSSR count). The van der Waals surface area contributed by atoms with Crippen LogP contribution in [0.3, 0.4) is 0 Å². The van der Waals surface area contributed by atoms with Gasteiger partial charge in [-0.3, -0.25) is 9.59 Å². The molecule has 0 saturated carbocycles. The van der Waals surface area contributed by atoms with E-state index in [9.17, 15) is 9.59 Å². The Balaban J connectivity index is 1.46. The second kappa shape index (κ2) is 9.01. The number of aromatic nitrogens is 2. The number of carbonyl (C=O) groups is 2. The van der Waals surface area contributed by atoms with E-state index < -0.39 is 0 Å². The molecule has 0 aliphatic heterocycles. The van der Waals surface area contributed by atoms with Crippen LogP contribution in [0.2, 0.25) is 0 Å². The first-order valence-corrected chi connectivity index (χ1v) is 10.3. The van der Waals surface area contributed by atoms with E-state index in [0.29, 0.717) is 22.5 Å². The van der Waals surface area contributed by atoms with E-state index >= 15 is 0 Å². The number of amides is 2. The first-order chi connectivity index (χ1) is 15.0. The van der Waals surface area contributed by atoms with E-state index in [2.05, 4.69) is 26.3 Å². The Morgan fingerprint density at radius 3 is 2.52 bits per heavy atom. The normalized spacial score (nSPS) is 10.6. The molecule has 0 aliphatic carbocycles. The van der Waals surface area contributed by atoms with Crippen LogP contribution in [0.25, 0.3) is 5.69 Å². The Morgan fingerprint density at radius 1 is 1.06 bits per heavy atom. The molecule has 0 saturated heterocycles. The molecule has 2 amide bonds. The van der Waals surface area contributed by atoms with Gasteiger partial charge in [-0.25, -0.2) is 4.68 Å². The number of benzene rings is 2. The van der Waals surface area contributed by atoms with E-state index in [1.807, 2.05) is 36.5 Å². The first-order valence-electron chi connectivity index (χ1n) is 9.52. The molecule has 7 nitrogen and oxygen atoms in total. The molecule has 0 atom stereocenters. The fraction of sp³-hybridized carbons (Fsp3) is 0.0870. The number of anilines is 1. The maximum Gasteiger partial charge on any atom is 0.293 e. The van der Waals surface area contributed by atoms with Crippen LogP contribution in [-0.4, -0.2) is 28.6 Å². The number of para-hydroxylation sites is 1. The summed E-state index contributed by atoms with van der Waals surface area (Å²) >= 11 is 3.20. The van der Waals surface area contributed by atoms with Gasteiger partial charge >= 0.3 is 0 Å². The number of nitrogens with zero attached hydrogens (tertiary/aromatic N) is 3. The topological polar surface area (TPSA) is 80.4 Å². The third-order valence-corrected chi connectivity index (χ3v) is 5.18. The average Bonchev–Trinajstić information content (AvgIpc) is 3.49. The van der Waals surface area contributed by atoms with Crippen molar-refractivity contribution in [2.24, 2.45) is 0 Å². The molecule has 2 heterocycles. The van der Waals surface area contributed by atoms with Gasteiger partial charge in [0.15, 0.2) is 10.4 Å². The van der Waals surface area contributed by atoms with Crippen molar-refractivity contribution in [1.82, 2.24) is 15.1 Å². The summed E-state index contributed by atoms with van der Waals surface area (Å²) in [5.41, 5.74) is 2.78. The molecule has 8 heteroatoms. The zero-order valence-corrected chi connectivity index (χ0v) is 18.2. The molecule has 0 spiro atoms. The number of hydrogen-bond donors (Lipinski definition) is 1. The van der Waals surface area contributed by atoms with Crippen molar-refractivity contribution < 1.29 is 14.0 Å². The number of hydrogen-bond acceptors (Lipinski definition) is 4. The van der Waals surface area contributed by atoms with E-state index in [0.717, 1.165) is 11.3 Å². The largest absolute Gasteiger partial charge is 0.444 e. The zero-order valence-electron chi connectivity index (χ0n) is 16.7. The Morgan fingerprint density at radius 2 is 1.84 bits per heavy atom. The number of halogens is 1. The van der Waals surface area contributed by atoms with Gasteiger partial charge in [0, 0.05) is 26.0 Å². The summed E-state index contributed by atoms with van der Waals surface area (Å²) in [6.07, 6.45) is 3.59. The van der Waals surface area contributed by atoms with Crippen molar-refractivity contribution in [2.75, 3.05) is 11.9 Å². The smallest absolute Gasteiger partial charge is 0.293 e. The minimum absolute atomic E-state index is 0.182. The van der Waals surface area contributed by atoms with Crippen molar-refractivity contribution in [3.05, 3.63) is 101 Å². The molecule has 0 unspecified atom stereocenters. The number of carbonyl (C=O) groups excluding carboxylic acids is 2. The lowest BCUT2D eigenvalue weighted by Crippen LogP contribution is -2.30. The van der Waals surface area contributed by atoms with Crippen LogP contribution in [0.4, 0.5) is 5.69 Å². The maximum atomic E-state index is 12.9. The monoisotopic (exact) mass is 478 g/mol. The van der Waals surface area contributed by atoms with E-state index in [1.54, 1.807) is 54.3 Å². The number of furan rings is 1. The van der Waals surface area contributed by atoms with Gasteiger partial charge in [-0.05, 0) is 64.0 Å². The Bertz CT molecular complexity index is 1200. The van der Waals surface area contributed by atoms with Gasteiger partial charge in [-0.15, -0.1) is 0 Å². The van der Waals surface area contributed by atoms with Gasteiger partial charge in [0.2, 0.25) is 0 Å². The summed E-state index contributed by atoms with van der Waals surface area (Å²) in [7, 11) is 1.61. The van der Waals surface area contributed by atoms with Crippen molar-refractivity contribution in [3.63, 3.8) is 0 Å². The second-order valence-electron chi connectivity index (χ2n) is 6.78. The predicted molar refractivity (Wildman–Crippen MR) is 120 cm³/mol. The van der Waals surface area contributed by atoms with Crippen molar-refractivity contribution in [2.45, 2.75) is 6.54 Å². The van der Waals surface area contributed by atoms with Crippen LogP contribution in [-0.2, 0) is 6.54 Å². The van der Waals surface area contributed by atoms with Gasteiger partial charge in [-0.2, -0.15) is 5.10 Å². The molecule has 2 aromatic carbocycles. The van der Waals surface area contributed by atoms with Gasteiger partial charge in [-0.1, -0.05) is 24.3 Å². The summed E-state index contributed by atoms with van der Waals surface area (Å²) in [4.78, 5) is 27.0. The lowest BCUT2D eigenvalue weighted by Gasteiger charge is -2.19. The molecule has 31 heavy (non-hydrogen) atoms. The molecule has 156 valence electrons. The van der Waals surface area contributed by atoms with E-state index in [-0.39, 0.29) is 17.6 Å². The highest BCUT2D eigenvalue weighted by atomic mass is 79.9. The lowest BCUT2D eigenvalue weighted by atomic mass is 10.1. The fourth-order valence-corrected chi connectivity index (χ4v) is 3.43. The van der Waals surface area contributed by atoms with Crippen LogP contribution < -0.4 is 10.2 Å². The molecule has 0 aliphatic rings. The first kappa shape index (κ1) is 20.6. The van der Waals surface area contributed by atoms with Gasteiger partial charge in [0.05, 0.1) is 16.9 Å². The Kier molecular flexibility index (Phi) is 5.99. The van der Waals surface area contributed by atoms with Crippen molar-refractivity contribution in [3.8, 4) is 5.69 Å². The summed E-state index contributed by atoms with van der Waals surface area (Å²) in [5.74, 6) is -0.436. The van der Waals surface area contributed by atoms with Crippen LogP contribution >= 0.6 is 15.9 Å². The minimum Gasteiger partial charge on any atom is -0.444 e. The highest BCUT2D eigenvalue weighted by molar-refractivity contribution is 9.10. The van der Waals surface area contributed by atoms with E-state index in [1.165, 1.54) is 4.90 Å². The van der Waals surface area contributed by atoms with Gasteiger partial charge < -0.3 is 14.6 Å². The minimum atomic E-state index is -0.347. The lowest BCUT2D eigenvalue weighted by molar-refractivity contribution is 0.0951. The molecule has 0 radical (unpaired) electrons. The summed E-state index contributed by atoms with van der Waals surface area (Å²) in [6.45, 7) is 0.356. The molecular weight excluding hydrogens is 460 g/mol. The third kappa shape index (κ3) is 4.59. The van der Waals surface area contributed by atoms with Crippen molar-refractivity contribution in [1.29, 1.82) is 0 Å². The highest BCUT2D eigenvalue weighted by Crippen LogP contribution is 2.23. The average molecular weight is 479 g/mol. The Labute approximate surface area is 187 Å². The highest BCUT2D eigenvalue weighted by Gasteiger charge is 2.21. The summed E-state index contributed by atoms with van der Waals surface area (Å²) in [5, 5.41) is 7.12. The predicted octanol–water partition coefficient (Wildman–Crippen LogP) is 4.43. The second-order valence-corrected chi connectivity index (χ2v) is 7.57. The molecule has 1 N–H and O–H groups in total. The summed E-state index contributed by atoms with van der Waals surface area (Å²) in [6, 6.07) is 19.8. The van der Waals surface area contributed by atoms with E-state index in [4.69, 9.17) is 4.42 Å². The number of nitrogens with one attached hydrogen (secondary N) is 1. The third-order valence-electron chi connectivity index (χ3n) is 4.76.